The standard InChI is InChI=1S/C13H20N2O/c1-15-10-11(9-14-15)7-8-13(16)12-5-3-2-4-6-12/h2-3,9-10,12-13,16H,4-8H2,1H3. The summed E-state index contributed by atoms with van der Waals surface area (Å²) in [6.07, 6.45) is 13.2. The first-order valence-corrected chi connectivity index (χ1v) is 6.06. The van der Waals surface area contributed by atoms with Gasteiger partial charge in [0, 0.05) is 13.2 Å². The summed E-state index contributed by atoms with van der Waals surface area (Å²) >= 11 is 0. The van der Waals surface area contributed by atoms with Crippen LogP contribution in [0.15, 0.2) is 24.5 Å². The molecule has 88 valence electrons. The summed E-state index contributed by atoms with van der Waals surface area (Å²) in [4.78, 5) is 0. The highest BCUT2D eigenvalue weighted by molar-refractivity contribution is 5.04. The van der Waals surface area contributed by atoms with E-state index in [-0.39, 0.29) is 6.10 Å². The lowest BCUT2D eigenvalue weighted by molar-refractivity contribution is 0.0938. The van der Waals surface area contributed by atoms with Crippen molar-refractivity contribution in [2.24, 2.45) is 13.0 Å². The second kappa shape index (κ2) is 5.30. The van der Waals surface area contributed by atoms with E-state index in [1.807, 2.05) is 24.1 Å². The molecule has 16 heavy (non-hydrogen) atoms. The summed E-state index contributed by atoms with van der Waals surface area (Å²) in [6.45, 7) is 0. The minimum Gasteiger partial charge on any atom is -0.393 e. The van der Waals surface area contributed by atoms with Crippen molar-refractivity contribution in [1.29, 1.82) is 0 Å². The van der Waals surface area contributed by atoms with Crippen molar-refractivity contribution in [2.45, 2.75) is 38.2 Å². The van der Waals surface area contributed by atoms with Gasteiger partial charge in [0.1, 0.15) is 0 Å². The predicted molar refractivity (Wildman–Crippen MR) is 64.0 cm³/mol. The Kier molecular flexibility index (Phi) is 3.78. The molecule has 1 N–H and O–H groups in total. The van der Waals surface area contributed by atoms with E-state index in [1.54, 1.807) is 0 Å². The highest BCUT2D eigenvalue weighted by Crippen LogP contribution is 2.24. The molecule has 0 radical (unpaired) electrons. The van der Waals surface area contributed by atoms with Gasteiger partial charge in [-0.1, -0.05) is 12.2 Å². The molecule has 1 aliphatic rings. The van der Waals surface area contributed by atoms with Crippen LogP contribution in [0.1, 0.15) is 31.2 Å². The highest BCUT2D eigenvalue weighted by Gasteiger charge is 2.19. The van der Waals surface area contributed by atoms with Crippen molar-refractivity contribution in [3.05, 3.63) is 30.1 Å². The molecule has 2 rings (SSSR count). The van der Waals surface area contributed by atoms with Crippen molar-refractivity contribution in [2.75, 3.05) is 0 Å². The van der Waals surface area contributed by atoms with E-state index in [2.05, 4.69) is 17.3 Å². The van der Waals surface area contributed by atoms with Crippen LogP contribution in [0.3, 0.4) is 0 Å². The second-order valence-electron chi connectivity index (χ2n) is 4.67. The molecule has 0 spiro atoms. The Labute approximate surface area is 96.8 Å². The Bertz CT molecular complexity index is 357. The maximum atomic E-state index is 10.1. The molecule has 2 atom stereocenters. The van der Waals surface area contributed by atoms with E-state index in [0.29, 0.717) is 5.92 Å². The smallest absolute Gasteiger partial charge is 0.0574 e. The number of aryl methyl sites for hydroxylation is 2. The molecular formula is C13H20N2O. The van der Waals surface area contributed by atoms with Crippen LogP contribution in [-0.4, -0.2) is 21.0 Å². The van der Waals surface area contributed by atoms with Gasteiger partial charge in [-0.2, -0.15) is 5.10 Å². The molecule has 0 aliphatic heterocycles. The van der Waals surface area contributed by atoms with Crippen LogP contribution in [0.2, 0.25) is 0 Å². The van der Waals surface area contributed by atoms with Gasteiger partial charge in [-0.05, 0) is 43.6 Å². The number of hydrogen-bond donors (Lipinski definition) is 1. The van der Waals surface area contributed by atoms with Gasteiger partial charge in [0.2, 0.25) is 0 Å². The summed E-state index contributed by atoms with van der Waals surface area (Å²) in [5.74, 6) is 0.460. The van der Waals surface area contributed by atoms with Crippen molar-refractivity contribution in [3.8, 4) is 0 Å². The van der Waals surface area contributed by atoms with E-state index in [9.17, 15) is 5.11 Å². The van der Waals surface area contributed by atoms with Gasteiger partial charge in [0.25, 0.3) is 0 Å². The first kappa shape index (κ1) is 11.4. The minimum absolute atomic E-state index is 0.162. The van der Waals surface area contributed by atoms with Crippen LogP contribution < -0.4 is 0 Å². The van der Waals surface area contributed by atoms with Gasteiger partial charge in [-0.3, -0.25) is 4.68 Å². The largest absolute Gasteiger partial charge is 0.393 e. The molecule has 0 fully saturated rings. The number of allylic oxidation sites excluding steroid dienone is 2. The summed E-state index contributed by atoms with van der Waals surface area (Å²) in [5, 5.41) is 14.2. The maximum Gasteiger partial charge on any atom is 0.0574 e. The van der Waals surface area contributed by atoms with Crippen LogP contribution in [0.5, 0.6) is 0 Å². The number of aromatic nitrogens is 2. The molecule has 3 nitrogen and oxygen atoms in total. The predicted octanol–water partition coefficient (Wildman–Crippen LogP) is 2.07. The molecule has 1 aromatic rings. The number of hydrogen-bond acceptors (Lipinski definition) is 2. The molecule has 1 aliphatic carbocycles. The summed E-state index contributed by atoms with van der Waals surface area (Å²) in [5.41, 5.74) is 1.22. The molecule has 0 amide bonds. The van der Waals surface area contributed by atoms with Gasteiger partial charge >= 0.3 is 0 Å². The van der Waals surface area contributed by atoms with E-state index in [4.69, 9.17) is 0 Å². The Morgan fingerprint density at radius 2 is 2.44 bits per heavy atom. The summed E-state index contributed by atoms with van der Waals surface area (Å²) < 4.78 is 1.81. The third-order valence-electron chi connectivity index (χ3n) is 3.34. The van der Waals surface area contributed by atoms with Crippen molar-refractivity contribution >= 4 is 0 Å². The second-order valence-corrected chi connectivity index (χ2v) is 4.67. The monoisotopic (exact) mass is 220 g/mol. The zero-order valence-electron chi connectivity index (χ0n) is 9.84. The van der Waals surface area contributed by atoms with Crippen LogP contribution in [-0.2, 0) is 13.5 Å². The molecule has 0 bridgehead atoms. The van der Waals surface area contributed by atoms with Gasteiger partial charge in [0.05, 0.1) is 12.3 Å². The van der Waals surface area contributed by atoms with Gasteiger partial charge in [-0.25, -0.2) is 0 Å². The topological polar surface area (TPSA) is 38.0 Å². The average molecular weight is 220 g/mol. The maximum absolute atomic E-state index is 10.1. The fourth-order valence-corrected chi connectivity index (χ4v) is 2.32. The minimum atomic E-state index is -0.162. The molecule has 0 saturated heterocycles. The number of aliphatic hydroxyl groups excluding tert-OH is 1. The zero-order chi connectivity index (χ0) is 11.4. The lowest BCUT2D eigenvalue weighted by atomic mass is 9.87. The first-order valence-electron chi connectivity index (χ1n) is 6.06. The average Bonchev–Trinajstić information content (AvgIpc) is 2.73. The molecule has 1 heterocycles. The lowest BCUT2D eigenvalue weighted by Gasteiger charge is -2.23. The van der Waals surface area contributed by atoms with Crippen LogP contribution in [0.25, 0.3) is 0 Å². The first-order chi connectivity index (χ1) is 7.75. The Morgan fingerprint density at radius 3 is 3.06 bits per heavy atom. The number of rotatable bonds is 4. The quantitative estimate of drug-likeness (QED) is 0.789. The van der Waals surface area contributed by atoms with Crippen molar-refractivity contribution in [3.63, 3.8) is 0 Å². The third kappa shape index (κ3) is 2.95. The zero-order valence-corrected chi connectivity index (χ0v) is 9.84. The molecule has 0 aromatic carbocycles. The Morgan fingerprint density at radius 1 is 1.56 bits per heavy atom. The summed E-state index contributed by atoms with van der Waals surface area (Å²) in [7, 11) is 1.92. The van der Waals surface area contributed by atoms with E-state index < -0.39 is 0 Å². The molecule has 0 saturated carbocycles. The highest BCUT2D eigenvalue weighted by atomic mass is 16.3. The van der Waals surface area contributed by atoms with E-state index >= 15 is 0 Å². The number of aliphatic hydroxyl groups is 1. The van der Waals surface area contributed by atoms with Crippen LogP contribution in [0, 0.1) is 5.92 Å². The molecule has 2 unspecified atom stereocenters. The molecule has 3 heteroatoms. The van der Waals surface area contributed by atoms with Crippen LogP contribution in [0.4, 0.5) is 0 Å². The Hall–Kier alpha value is -1.09. The van der Waals surface area contributed by atoms with Gasteiger partial charge < -0.3 is 5.11 Å². The third-order valence-corrected chi connectivity index (χ3v) is 3.34. The Balaban J connectivity index is 1.79. The van der Waals surface area contributed by atoms with Crippen molar-refractivity contribution < 1.29 is 5.11 Å². The van der Waals surface area contributed by atoms with Crippen LogP contribution >= 0.6 is 0 Å². The SMILES string of the molecule is Cn1cc(CCC(O)C2CC=CCC2)cn1. The molecule has 1 aromatic heterocycles. The molecular weight excluding hydrogens is 200 g/mol. The fourth-order valence-electron chi connectivity index (χ4n) is 2.32. The number of nitrogens with zero attached hydrogens (tertiary/aromatic N) is 2. The van der Waals surface area contributed by atoms with E-state index in [1.165, 1.54) is 5.56 Å². The van der Waals surface area contributed by atoms with Gasteiger partial charge in [-0.15, -0.1) is 0 Å². The fraction of sp³-hybridized carbons (Fsp3) is 0.615. The normalized spacial score (nSPS) is 22.2. The van der Waals surface area contributed by atoms with Gasteiger partial charge in [0.15, 0.2) is 0 Å². The van der Waals surface area contributed by atoms with E-state index in [0.717, 1.165) is 32.1 Å². The lowest BCUT2D eigenvalue weighted by Crippen LogP contribution is -2.21. The van der Waals surface area contributed by atoms with Crippen molar-refractivity contribution in [1.82, 2.24) is 9.78 Å². The summed E-state index contributed by atoms with van der Waals surface area (Å²) in [6, 6.07) is 0.